The van der Waals surface area contributed by atoms with Crippen molar-refractivity contribution in [3.63, 3.8) is 0 Å². The SMILES string of the molecule is Cn1cnc([N+](=O)[O-])c1N1CC(N)C1. The molecule has 2 N–H and O–H groups in total. The van der Waals surface area contributed by atoms with E-state index in [9.17, 15) is 10.1 Å². The van der Waals surface area contributed by atoms with Crippen molar-refractivity contribution in [2.24, 2.45) is 12.8 Å². The van der Waals surface area contributed by atoms with E-state index in [1.54, 1.807) is 11.6 Å². The van der Waals surface area contributed by atoms with Crippen LogP contribution in [0.5, 0.6) is 0 Å². The molecule has 7 heteroatoms. The lowest BCUT2D eigenvalue weighted by Crippen LogP contribution is -2.56. The Balaban J connectivity index is 2.31. The zero-order chi connectivity index (χ0) is 10.3. The minimum atomic E-state index is -0.473. The molecule has 0 spiro atoms. The van der Waals surface area contributed by atoms with Gasteiger partial charge in [0.05, 0.1) is 0 Å². The molecule has 2 rings (SSSR count). The van der Waals surface area contributed by atoms with Gasteiger partial charge in [-0.25, -0.2) is 0 Å². The summed E-state index contributed by atoms with van der Waals surface area (Å²) >= 11 is 0. The van der Waals surface area contributed by atoms with E-state index in [0.29, 0.717) is 18.9 Å². The first-order valence-electron chi connectivity index (χ1n) is 4.26. The van der Waals surface area contributed by atoms with Gasteiger partial charge >= 0.3 is 5.82 Å². The largest absolute Gasteiger partial charge is 0.406 e. The van der Waals surface area contributed by atoms with Gasteiger partial charge in [0.25, 0.3) is 0 Å². The Morgan fingerprint density at radius 1 is 1.71 bits per heavy atom. The van der Waals surface area contributed by atoms with E-state index < -0.39 is 4.92 Å². The summed E-state index contributed by atoms with van der Waals surface area (Å²) in [5.74, 6) is 0.441. The number of aromatic nitrogens is 2. The van der Waals surface area contributed by atoms with Crippen molar-refractivity contribution in [1.82, 2.24) is 9.55 Å². The number of nitro groups is 1. The summed E-state index contributed by atoms with van der Waals surface area (Å²) < 4.78 is 1.64. The average Bonchev–Trinajstić information content (AvgIpc) is 2.41. The van der Waals surface area contributed by atoms with Crippen molar-refractivity contribution in [3.8, 4) is 0 Å². The quantitative estimate of drug-likeness (QED) is 0.508. The van der Waals surface area contributed by atoms with E-state index in [1.807, 2.05) is 4.90 Å². The van der Waals surface area contributed by atoms with Crippen LogP contribution in [0.25, 0.3) is 0 Å². The second-order valence-electron chi connectivity index (χ2n) is 3.42. The molecule has 7 nitrogen and oxygen atoms in total. The van der Waals surface area contributed by atoms with Crippen molar-refractivity contribution >= 4 is 11.6 Å². The average molecular weight is 197 g/mol. The summed E-state index contributed by atoms with van der Waals surface area (Å²) in [6.07, 6.45) is 1.44. The minimum absolute atomic E-state index is 0.0978. The molecule has 1 saturated heterocycles. The lowest BCUT2D eigenvalue weighted by Gasteiger charge is -2.37. The zero-order valence-corrected chi connectivity index (χ0v) is 7.75. The fraction of sp³-hybridized carbons (Fsp3) is 0.571. The van der Waals surface area contributed by atoms with Crippen LogP contribution in [-0.4, -0.2) is 33.6 Å². The third kappa shape index (κ3) is 1.22. The van der Waals surface area contributed by atoms with Crippen LogP contribution in [0.15, 0.2) is 6.33 Å². The number of nitrogens with two attached hydrogens (primary N) is 1. The van der Waals surface area contributed by atoms with E-state index in [1.165, 1.54) is 6.33 Å². The molecule has 0 unspecified atom stereocenters. The van der Waals surface area contributed by atoms with Gasteiger partial charge in [0.15, 0.2) is 0 Å². The summed E-state index contributed by atoms with van der Waals surface area (Å²) in [6, 6.07) is 0.115. The molecule has 1 aromatic rings. The Hall–Kier alpha value is -1.63. The maximum absolute atomic E-state index is 10.6. The molecule has 0 saturated carbocycles. The molecule has 1 fully saturated rings. The molecule has 0 bridgehead atoms. The monoisotopic (exact) mass is 197 g/mol. The Labute approximate surface area is 80.3 Å². The first-order chi connectivity index (χ1) is 6.59. The second-order valence-corrected chi connectivity index (χ2v) is 3.42. The Bertz CT molecular complexity index is 368. The van der Waals surface area contributed by atoms with Gasteiger partial charge in [-0.3, -0.25) is 4.57 Å². The van der Waals surface area contributed by atoms with Crippen molar-refractivity contribution in [1.29, 1.82) is 0 Å². The number of hydrogen-bond acceptors (Lipinski definition) is 5. The van der Waals surface area contributed by atoms with Gasteiger partial charge in [-0.1, -0.05) is 0 Å². The van der Waals surface area contributed by atoms with Crippen LogP contribution in [0, 0.1) is 10.1 Å². The Morgan fingerprint density at radius 2 is 2.36 bits per heavy atom. The highest BCUT2D eigenvalue weighted by Crippen LogP contribution is 2.28. The molecule has 0 radical (unpaired) electrons. The number of aryl methyl sites for hydroxylation is 1. The van der Waals surface area contributed by atoms with Crippen molar-refractivity contribution in [2.75, 3.05) is 18.0 Å². The summed E-state index contributed by atoms with van der Waals surface area (Å²) in [4.78, 5) is 15.7. The molecule has 1 aliphatic rings. The predicted molar refractivity (Wildman–Crippen MR) is 50.1 cm³/mol. The topological polar surface area (TPSA) is 90.2 Å². The molecule has 0 aromatic carbocycles. The summed E-state index contributed by atoms with van der Waals surface area (Å²) in [6.45, 7) is 1.31. The highest BCUT2D eigenvalue weighted by atomic mass is 16.6. The fourth-order valence-corrected chi connectivity index (χ4v) is 1.59. The van der Waals surface area contributed by atoms with E-state index in [2.05, 4.69) is 4.98 Å². The van der Waals surface area contributed by atoms with Gasteiger partial charge in [-0.2, -0.15) is 0 Å². The van der Waals surface area contributed by atoms with Crippen LogP contribution < -0.4 is 10.6 Å². The maximum Gasteiger partial charge on any atom is 0.406 e. The van der Waals surface area contributed by atoms with Crippen LogP contribution in [0.4, 0.5) is 11.6 Å². The first-order valence-corrected chi connectivity index (χ1v) is 4.26. The highest BCUT2D eigenvalue weighted by Gasteiger charge is 2.32. The first kappa shape index (κ1) is 8.95. The number of hydrogen-bond donors (Lipinski definition) is 1. The van der Waals surface area contributed by atoms with E-state index >= 15 is 0 Å². The molecular formula is C7H11N5O2. The predicted octanol–water partition coefficient (Wildman–Crippen LogP) is -0.524. The van der Waals surface area contributed by atoms with Gasteiger partial charge < -0.3 is 20.7 Å². The van der Waals surface area contributed by atoms with E-state index in [0.717, 1.165) is 0 Å². The molecule has 14 heavy (non-hydrogen) atoms. The number of imidazole rings is 1. The smallest absolute Gasteiger partial charge is 0.358 e. The number of rotatable bonds is 2. The van der Waals surface area contributed by atoms with Crippen molar-refractivity contribution in [2.45, 2.75) is 6.04 Å². The third-order valence-corrected chi connectivity index (χ3v) is 2.27. The maximum atomic E-state index is 10.6. The lowest BCUT2D eigenvalue weighted by atomic mass is 10.1. The van der Waals surface area contributed by atoms with Crippen LogP contribution >= 0.6 is 0 Å². The van der Waals surface area contributed by atoms with Gasteiger partial charge in [0, 0.05) is 26.2 Å². The Morgan fingerprint density at radius 3 is 2.86 bits per heavy atom. The second kappa shape index (κ2) is 2.95. The van der Waals surface area contributed by atoms with Gasteiger partial charge in [0.2, 0.25) is 12.1 Å². The molecule has 0 atom stereocenters. The summed E-state index contributed by atoms with van der Waals surface area (Å²) in [7, 11) is 1.74. The standard InChI is InChI=1S/C7H11N5O2/c1-10-4-9-6(12(13)14)7(10)11-2-5(8)3-11/h4-5H,2-3,8H2,1H3. The third-order valence-electron chi connectivity index (χ3n) is 2.27. The molecular weight excluding hydrogens is 186 g/mol. The molecule has 76 valence electrons. The fourth-order valence-electron chi connectivity index (χ4n) is 1.59. The van der Waals surface area contributed by atoms with Crippen LogP contribution in [-0.2, 0) is 7.05 Å². The number of anilines is 1. The van der Waals surface area contributed by atoms with Gasteiger partial charge in [-0.15, -0.1) is 0 Å². The van der Waals surface area contributed by atoms with E-state index in [4.69, 9.17) is 5.73 Å². The molecule has 0 aliphatic carbocycles. The van der Waals surface area contributed by atoms with Gasteiger partial charge in [0.1, 0.15) is 0 Å². The number of nitrogens with zero attached hydrogens (tertiary/aromatic N) is 4. The van der Waals surface area contributed by atoms with Crippen LogP contribution in [0.3, 0.4) is 0 Å². The van der Waals surface area contributed by atoms with Crippen molar-refractivity contribution in [3.05, 3.63) is 16.4 Å². The molecule has 0 amide bonds. The van der Waals surface area contributed by atoms with Crippen LogP contribution in [0.1, 0.15) is 0 Å². The zero-order valence-electron chi connectivity index (χ0n) is 7.75. The molecule has 1 aromatic heterocycles. The van der Waals surface area contributed by atoms with Gasteiger partial charge in [-0.05, 0) is 9.91 Å². The summed E-state index contributed by atoms with van der Waals surface area (Å²) in [5.41, 5.74) is 5.61. The van der Waals surface area contributed by atoms with E-state index in [-0.39, 0.29) is 11.9 Å². The molecule has 2 heterocycles. The molecule has 1 aliphatic heterocycles. The minimum Gasteiger partial charge on any atom is -0.358 e. The Kier molecular flexibility index (Phi) is 1.88. The lowest BCUT2D eigenvalue weighted by molar-refractivity contribution is -0.388. The van der Waals surface area contributed by atoms with Crippen LogP contribution in [0.2, 0.25) is 0 Å². The highest BCUT2D eigenvalue weighted by molar-refractivity contribution is 5.56. The summed E-state index contributed by atoms with van der Waals surface area (Å²) in [5, 5.41) is 10.6. The normalized spacial score (nSPS) is 16.9. The van der Waals surface area contributed by atoms with Crippen molar-refractivity contribution < 1.29 is 4.92 Å².